The Hall–Kier alpha value is -0.420. The van der Waals surface area contributed by atoms with Gasteiger partial charge in [-0.15, -0.1) is 12.4 Å². The summed E-state index contributed by atoms with van der Waals surface area (Å²) in [4.78, 5) is 10.9. The molecule has 1 aliphatic carbocycles. The normalized spacial score (nSPS) is 31.5. The second-order valence-corrected chi connectivity index (χ2v) is 3.17. The fourth-order valence-electron chi connectivity index (χ4n) is 1.18. The van der Waals surface area contributed by atoms with Crippen molar-refractivity contribution in [1.29, 1.82) is 0 Å². The number of rotatable bonds is 2. The molecule has 0 amide bonds. The highest BCUT2D eigenvalue weighted by atomic mass is 35.5. The predicted octanol–water partition coefficient (Wildman–Crippen LogP) is 0.954. The van der Waals surface area contributed by atoms with E-state index in [9.17, 15) is 13.6 Å². The van der Waals surface area contributed by atoms with Gasteiger partial charge in [0, 0.05) is 6.42 Å². The lowest BCUT2D eigenvalue weighted by Crippen LogP contribution is -2.41. The van der Waals surface area contributed by atoms with Crippen molar-refractivity contribution in [2.75, 3.05) is 7.11 Å². The first-order valence-electron chi connectivity index (χ1n) is 3.59. The summed E-state index contributed by atoms with van der Waals surface area (Å²) >= 11 is 0. The van der Waals surface area contributed by atoms with Crippen molar-refractivity contribution < 1.29 is 18.3 Å². The third-order valence-electron chi connectivity index (χ3n) is 2.40. The standard InChI is InChI=1S/C7H11F2NO2.ClH/c1-4(5(11)12-2)6(10)3-7(6,8)9;/h4H,3,10H2,1-2H3;1H/t4-,6+;/m1./s1. The molecule has 0 aromatic heterocycles. The van der Waals surface area contributed by atoms with E-state index in [2.05, 4.69) is 4.74 Å². The summed E-state index contributed by atoms with van der Waals surface area (Å²) < 4.78 is 29.5. The number of carbonyl (C=O) groups excluding carboxylic acids is 1. The monoisotopic (exact) mass is 215 g/mol. The van der Waals surface area contributed by atoms with Crippen molar-refractivity contribution in [1.82, 2.24) is 0 Å². The summed E-state index contributed by atoms with van der Waals surface area (Å²) in [5, 5.41) is 0. The van der Waals surface area contributed by atoms with Gasteiger partial charge in [-0.25, -0.2) is 8.78 Å². The number of ether oxygens (including phenoxy) is 1. The van der Waals surface area contributed by atoms with E-state index < -0.39 is 29.8 Å². The van der Waals surface area contributed by atoms with Crippen LogP contribution in [0.5, 0.6) is 0 Å². The minimum Gasteiger partial charge on any atom is -0.469 e. The van der Waals surface area contributed by atoms with E-state index in [1.165, 1.54) is 6.92 Å². The number of alkyl halides is 2. The van der Waals surface area contributed by atoms with Crippen LogP contribution >= 0.6 is 12.4 Å². The SMILES string of the molecule is COC(=O)[C@@H](C)[C@@]1(N)CC1(F)F.Cl. The maximum absolute atomic E-state index is 12.6. The number of carbonyl (C=O) groups is 1. The Morgan fingerprint density at radius 3 is 2.23 bits per heavy atom. The van der Waals surface area contributed by atoms with E-state index in [-0.39, 0.29) is 12.4 Å². The smallest absolute Gasteiger partial charge is 0.310 e. The van der Waals surface area contributed by atoms with Gasteiger partial charge in [-0.05, 0) is 6.92 Å². The zero-order valence-corrected chi connectivity index (χ0v) is 8.16. The first kappa shape index (κ1) is 12.6. The first-order chi connectivity index (χ1) is 5.35. The molecule has 1 aliphatic rings. The molecule has 13 heavy (non-hydrogen) atoms. The number of hydrogen-bond donors (Lipinski definition) is 1. The van der Waals surface area contributed by atoms with E-state index in [1.807, 2.05) is 0 Å². The molecule has 6 heteroatoms. The van der Waals surface area contributed by atoms with Crippen molar-refractivity contribution in [2.24, 2.45) is 11.7 Å². The zero-order chi connectivity index (χ0) is 9.57. The summed E-state index contributed by atoms with van der Waals surface area (Å²) in [5.41, 5.74) is 3.61. The van der Waals surface area contributed by atoms with E-state index in [0.717, 1.165) is 7.11 Å². The van der Waals surface area contributed by atoms with Crippen molar-refractivity contribution in [3.8, 4) is 0 Å². The van der Waals surface area contributed by atoms with E-state index in [1.54, 1.807) is 0 Å². The number of hydrogen-bond acceptors (Lipinski definition) is 3. The molecule has 2 atom stereocenters. The molecular formula is C7H12ClF2NO2. The van der Waals surface area contributed by atoms with Crippen LogP contribution in [0.15, 0.2) is 0 Å². The zero-order valence-electron chi connectivity index (χ0n) is 7.34. The molecule has 0 aliphatic heterocycles. The average Bonchev–Trinajstić information content (AvgIpc) is 2.50. The maximum atomic E-state index is 12.6. The molecule has 0 spiro atoms. The average molecular weight is 216 g/mol. The van der Waals surface area contributed by atoms with E-state index in [4.69, 9.17) is 5.73 Å². The van der Waals surface area contributed by atoms with Gasteiger partial charge >= 0.3 is 5.97 Å². The highest BCUT2D eigenvalue weighted by molar-refractivity contribution is 5.85. The van der Waals surface area contributed by atoms with Crippen LogP contribution in [0.3, 0.4) is 0 Å². The fourth-order valence-corrected chi connectivity index (χ4v) is 1.18. The second-order valence-electron chi connectivity index (χ2n) is 3.17. The van der Waals surface area contributed by atoms with Crippen LogP contribution in [0, 0.1) is 5.92 Å². The summed E-state index contributed by atoms with van der Waals surface area (Å²) in [6.07, 6.45) is -0.434. The summed E-state index contributed by atoms with van der Waals surface area (Å²) in [7, 11) is 1.16. The Morgan fingerprint density at radius 2 is 2.00 bits per heavy atom. The van der Waals surface area contributed by atoms with Crippen LogP contribution in [0.2, 0.25) is 0 Å². The lowest BCUT2D eigenvalue weighted by atomic mass is 10.0. The van der Waals surface area contributed by atoms with Gasteiger partial charge in [0.15, 0.2) is 0 Å². The van der Waals surface area contributed by atoms with Crippen LogP contribution in [0.1, 0.15) is 13.3 Å². The van der Waals surface area contributed by atoms with Gasteiger partial charge in [-0.2, -0.15) is 0 Å². The largest absolute Gasteiger partial charge is 0.469 e. The van der Waals surface area contributed by atoms with Crippen LogP contribution in [0.4, 0.5) is 8.78 Å². The van der Waals surface area contributed by atoms with Gasteiger partial charge in [0.1, 0.15) is 0 Å². The molecule has 0 aromatic rings. The number of esters is 1. The molecule has 1 rings (SSSR count). The number of nitrogens with two attached hydrogens (primary N) is 1. The summed E-state index contributed by atoms with van der Waals surface area (Å²) in [6, 6.07) is 0. The van der Waals surface area contributed by atoms with Gasteiger partial charge < -0.3 is 10.5 Å². The Morgan fingerprint density at radius 1 is 1.62 bits per heavy atom. The summed E-state index contributed by atoms with van der Waals surface area (Å²) in [6.45, 7) is 1.35. The third kappa shape index (κ3) is 1.76. The van der Waals surface area contributed by atoms with Crippen LogP contribution < -0.4 is 5.73 Å². The Bertz CT molecular complexity index is 225. The van der Waals surface area contributed by atoms with Gasteiger partial charge in [0.25, 0.3) is 5.92 Å². The number of methoxy groups -OCH3 is 1. The van der Waals surface area contributed by atoms with Gasteiger partial charge in [-0.1, -0.05) is 0 Å². The molecule has 1 saturated carbocycles. The fraction of sp³-hybridized carbons (Fsp3) is 0.857. The highest BCUT2D eigenvalue weighted by Gasteiger charge is 2.72. The molecule has 0 aromatic carbocycles. The predicted molar refractivity (Wildman–Crippen MR) is 44.9 cm³/mol. The first-order valence-corrected chi connectivity index (χ1v) is 3.59. The van der Waals surface area contributed by atoms with Crippen LogP contribution in [0.25, 0.3) is 0 Å². The highest BCUT2D eigenvalue weighted by Crippen LogP contribution is 2.55. The molecule has 0 unspecified atom stereocenters. The van der Waals surface area contributed by atoms with Gasteiger partial charge in [0.05, 0.1) is 18.6 Å². The van der Waals surface area contributed by atoms with E-state index >= 15 is 0 Å². The molecule has 78 valence electrons. The molecule has 3 nitrogen and oxygen atoms in total. The van der Waals surface area contributed by atoms with Crippen molar-refractivity contribution >= 4 is 18.4 Å². The Kier molecular flexibility index (Phi) is 3.27. The molecule has 0 heterocycles. The van der Waals surface area contributed by atoms with Gasteiger partial charge in [0.2, 0.25) is 0 Å². The van der Waals surface area contributed by atoms with Crippen LogP contribution in [-0.4, -0.2) is 24.5 Å². The minimum atomic E-state index is -2.92. The topological polar surface area (TPSA) is 52.3 Å². The quantitative estimate of drug-likeness (QED) is 0.698. The number of halogens is 3. The lowest BCUT2D eigenvalue weighted by Gasteiger charge is -2.16. The van der Waals surface area contributed by atoms with Gasteiger partial charge in [-0.3, -0.25) is 4.79 Å². The van der Waals surface area contributed by atoms with Crippen molar-refractivity contribution in [3.05, 3.63) is 0 Å². The molecule has 0 radical (unpaired) electrons. The minimum absolute atomic E-state index is 0. The second kappa shape index (κ2) is 3.38. The molecule has 1 fully saturated rings. The Labute approximate surface area is 81.0 Å². The Balaban J connectivity index is 0.00000144. The van der Waals surface area contributed by atoms with E-state index in [0.29, 0.717) is 0 Å². The molecule has 0 saturated heterocycles. The van der Waals surface area contributed by atoms with Crippen molar-refractivity contribution in [3.63, 3.8) is 0 Å². The lowest BCUT2D eigenvalue weighted by molar-refractivity contribution is -0.147. The molecule has 2 N–H and O–H groups in total. The van der Waals surface area contributed by atoms with Crippen LogP contribution in [-0.2, 0) is 9.53 Å². The summed E-state index contributed by atoms with van der Waals surface area (Å²) in [5.74, 6) is -4.55. The third-order valence-corrected chi connectivity index (χ3v) is 2.40. The molecular weight excluding hydrogens is 204 g/mol. The van der Waals surface area contributed by atoms with Crippen molar-refractivity contribution in [2.45, 2.75) is 24.8 Å². The maximum Gasteiger partial charge on any atom is 0.310 e. The molecule has 0 bridgehead atoms.